The lowest BCUT2D eigenvalue weighted by Gasteiger charge is -1.95. The Kier molecular flexibility index (Phi) is 5.65. The summed E-state index contributed by atoms with van der Waals surface area (Å²) in [6, 6.07) is 0. The van der Waals surface area contributed by atoms with Crippen molar-refractivity contribution in [3.05, 3.63) is 11.7 Å². The van der Waals surface area contributed by atoms with E-state index in [1.54, 1.807) is 34.9 Å². The van der Waals surface area contributed by atoms with Crippen molar-refractivity contribution in [2.45, 2.75) is 41.6 Å². The summed E-state index contributed by atoms with van der Waals surface area (Å²) in [6.07, 6.45) is 0.827. The van der Waals surface area contributed by atoms with Crippen LogP contribution in [0.5, 0.6) is 0 Å². The van der Waals surface area contributed by atoms with E-state index in [0.29, 0.717) is 17.6 Å². The average Bonchev–Trinajstić information content (AvgIpc) is 2.96. The summed E-state index contributed by atoms with van der Waals surface area (Å²) in [5.41, 5.74) is 0. The molecule has 2 heterocycles. The van der Waals surface area contributed by atoms with E-state index < -0.39 is 0 Å². The highest BCUT2D eigenvalue weighted by Crippen LogP contribution is 2.29. The van der Waals surface area contributed by atoms with Gasteiger partial charge < -0.3 is 4.52 Å². The lowest BCUT2D eigenvalue weighted by molar-refractivity contribution is 0.360. The Labute approximate surface area is 125 Å². The van der Waals surface area contributed by atoms with Gasteiger partial charge in [0.1, 0.15) is 0 Å². The van der Waals surface area contributed by atoms with Crippen LogP contribution in [-0.2, 0) is 12.2 Å². The molecule has 0 atom stereocenters. The largest absolute Gasteiger partial charge is 0.339 e. The van der Waals surface area contributed by atoms with E-state index >= 15 is 0 Å². The third-order valence-corrected chi connectivity index (χ3v) is 5.14. The number of aromatic nitrogens is 4. The van der Waals surface area contributed by atoms with Gasteiger partial charge in [-0.3, -0.25) is 0 Å². The van der Waals surface area contributed by atoms with Gasteiger partial charge in [0.2, 0.25) is 5.89 Å². The molecule has 0 aliphatic carbocycles. The lowest BCUT2D eigenvalue weighted by Crippen LogP contribution is -1.94. The maximum absolute atomic E-state index is 5.20. The van der Waals surface area contributed by atoms with Gasteiger partial charge in [-0.15, -0.1) is 10.2 Å². The molecule has 0 fully saturated rings. The Morgan fingerprint density at radius 1 is 1.21 bits per heavy atom. The normalized spacial score (nSPS) is 11.4. The molecule has 0 N–H and O–H groups in total. The molecule has 0 radical (unpaired) electrons. The molecule has 0 aliphatic rings. The van der Waals surface area contributed by atoms with Crippen molar-refractivity contribution in [2.24, 2.45) is 5.92 Å². The minimum atomic E-state index is 0.526. The summed E-state index contributed by atoms with van der Waals surface area (Å²) < 4.78 is 7.16. The van der Waals surface area contributed by atoms with Gasteiger partial charge in [-0.05, 0) is 11.7 Å². The van der Waals surface area contributed by atoms with Crippen molar-refractivity contribution in [1.82, 2.24) is 20.3 Å². The molecule has 8 heteroatoms. The first kappa shape index (κ1) is 14.8. The number of nitrogens with zero attached hydrogens (tertiary/aromatic N) is 4. The molecule has 0 saturated carbocycles. The molecule has 2 rings (SSSR count). The third kappa shape index (κ3) is 4.77. The van der Waals surface area contributed by atoms with E-state index in [9.17, 15) is 0 Å². The van der Waals surface area contributed by atoms with E-state index in [1.807, 2.05) is 0 Å². The molecule has 0 amide bonds. The van der Waals surface area contributed by atoms with Crippen molar-refractivity contribution >= 4 is 34.9 Å². The van der Waals surface area contributed by atoms with Crippen LogP contribution in [0.4, 0.5) is 0 Å². The van der Waals surface area contributed by atoms with Crippen molar-refractivity contribution in [3.63, 3.8) is 0 Å². The molecule has 0 aliphatic heterocycles. The first-order chi connectivity index (χ1) is 9.17. The van der Waals surface area contributed by atoms with Crippen LogP contribution in [-0.4, -0.2) is 26.1 Å². The predicted octanol–water partition coefficient (Wildman–Crippen LogP) is 3.52. The van der Waals surface area contributed by atoms with Crippen molar-refractivity contribution < 1.29 is 4.52 Å². The molecule has 19 heavy (non-hydrogen) atoms. The topological polar surface area (TPSA) is 64.7 Å². The highest BCUT2D eigenvalue weighted by atomic mass is 32.2. The van der Waals surface area contributed by atoms with Crippen LogP contribution in [0.2, 0.25) is 0 Å². The highest BCUT2D eigenvalue weighted by molar-refractivity contribution is 8.02. The van der Waals surface area contributed by atoms with Gasteiger partial charge in [-0.1, -0.05) is 60.8 Å². The van der Waals surface area contributed by atoms with Crippen LogP contribution in [0.15, 0.2) is 13.2 Å². The van der Waals surface area contributed by atoms with Crippen molar-refractivity contribution in [2.75, 3.05) is 5.75 Å². The van der Waals surface area contributed by atoms with Gasteiger partial charge in [0.15, 0.2) is 14.5 Å². The smallest absolute Gasteiger partial charge is 0.226 e. The summed E-state index contributed by atoms with van der Waals surface area (Å²) in [5.74, 6) is 3.65. The Morgan fingerprint density at radius 2 is 1.95 bits per heavy atom. The van der Waals surface area contributed by atoms with Crippen LogP contribution in [0.3, 0.4) is 0 Å². The van der Waals surface area contributed by atoms with Gasteiger partial charge in [0.05, 0.1) is 5.75 Å². The molecular weight excluding hydrogens is 300 g/mol. The third-order valence-electron chi connectivity index (χ3n) is 2.07. The summed E-state index contributed by atoms with van der Waals surface area (Å²) in [5, 5.41) is 12.2. The minimum absolute atomic E-state index is 0.526. The van der Waals surface area contributed by atoms with Gasteiger partial charge in [-0.2, -0.15) is 4.98 Å². The Hall–Kier alpha value is -0.600. The first-order valence-corrected chi connectivity index (χ1v) is 8.86. The molecule has 5 nitrogen and oxygen atoms in total. The summed E-state index contributed by atoms with van der Waals surface area (Å²) in [7, 11) is 0. The van der Waals surface area contributed by atoms with Gasteiger partial charge in [0, 0.05) is 6.42 Å². The predicted molar refractivity (Wildman–Crippen MR) is 78.7 cm³/mol. The Morgan fingerprint density at radius 3 is 2.63 bits per heavy atom. The first-order valence-electron chi connectivity index (χ1n) is 6.08. The fourth-order valence-electron chi connectivity index (χ4n) is 1.34. The average molecular weight is 316 g/mol. The monoisotopic (exact) mass is 316 g/mol. The molecular formula is C11H16N4OS3. The fraction of sp³-hybridized carbons (Fsp3) is 0.636. The maximum Gasteiger partial charge on any atom is 0.226 e. The summed E-state index contributed by atoms with van der Waals surface area (Å²) >= 11 is 4.92. The van der Waals surface area contributed by atoms with Gasteiger partial charge in [0.25, 0.3) is 0 Å². The number of hydrogen-bond acceptors (Lipinski definition) is 8. The van der Waals surface area contributed by atoms with Crippen LogP contribution in [0.25, 0.3) is 0 Å². The number of hydrogen-bond donors (Lipinski definition) is 0. The zero-order valence-electron chi connectivity index (χ0n) is 11.1. The Balaban J connectivity index is 1.85. The molecule has 0 spiro atoms. The molecule has 0 unspecified atom stereocenters. The zero-order chi connectivity index (χ0) is 13.7. The molecule has 104 valence electrons. The standard InChI is InChI=1S/C11H16N4OS3/c1-4-17-10-13-14-11(19-10)18-6-8-12-9(16-15-8)5-7(2)3/h7H,4-6H2,1-3H3. The molecule has 0 saturated heterocycles. The quantitative estimate of drug-likeness (QED) is 0.724. The van der Waals surface area contributed by atoms with E-state index in [1.165, 1.54) is 0 Å². The molecule has 2 aromatic rings. The highest BCUT2D eigenvalue weighted by Gasteiger charge is 2.10. The maximum atomic E-state index is 5.20. The van der Waals surface area contributed by atoms with Crippen LogP contribution < -0.4 is 0 Å². The summed E-state index contributed by atoms with van der Waals surface area (Å²) in [4.78, 5) is 4.36. The summed E-state index contributed by atoms with van der Waals surface area (Å²) in [6.45, 7) is 6.37. The number of rotatable bonds is 7. The van der Waals surface area contributed by atoms with Crippen LogP contribution >= 0.6 is 34.9 Å². The van der Waals surface area contributed by atoms with E-state index in [0.717, 1.165) is 26.7 Å². The second-order valence-electron chi connectivity index (χ2n) is 4.26. The fourth-order valence-corrected chi connectivity index (χ4v) is 4.10. The number of thioether (sulfide) groups is 2. The zero-order valence-corrected chi connectivity index (χ0v) is 13.6. The van der Waals surface area contributed by atoms with Crippen molar-refractivity contribution in [3.8, 4) is 0 Å². The minimum Gasteiger partial charge on any atom is -0.339 e. The van der Waals surface area contributed by atoms with E-state index in [2.05, 4.69) is 41.1 Å². The van der Waals surface area contributed by atoms with Crippen LogP contribution in [0, 0.1) is 5.92 Å². The van der Waals surface area contributed by atoms with Crippen LogP contribution in [0.1, 0.15) is 32.5 Å². The van der Waals surface area contributed by atoms with E-state index in [-0.39, 0.29) is 0 Å². The second-order valence-corrected chi connectivity index (χ2v) is 7.97. The van der Waals surface area contributed by atoms with E-state index in [4.69, 9.17) is 4.52 Å². The van der Waals surface area contributed by atoms with Crippen molar-refractivity contribution in [1.29, 1.82) is 0 Å². The molecule has 0 bridgehead atoms. The Bertz CT molecular complexity index is 512. The lowest BCUT2D eigenvalue weighted by atomic mass is 10.1. The SMILES string of the molecule is CCSc1nnc(SCc2noc(CC(C)C)n2)s1. The molecule has 2 aromatic heterocycles. The second kappa shape index (κ2) is 7.25. The molecule has 0 aromatic carbocycles. The van der Waals surface area contributed by atoms with Gasteiger partial charge >= 0.3 is 0 Å². The van der Waals surface area contributed by atoms with Gasteiger partial charge in [-0.25, -0.2) is 0 Å².